The number of rotatable bonds is 34. The van der Waals surface area contributed by atoms with E-state index in [-0.39, 0.29) is 0 Å². The highest BCUT2D eigenvalue weighted by atomic mass is 35.5. The molecule has 5 N–H and O–H groups in total. The Bertz CT molecular complexity index is 7030. The topological polar surface area (TPSA) is 293 Å². The number of nitrogens with zero attached hydrogens (tertiary/aromatic N) is 16. The van der Waals surface area contributed by atoms with E-state index in [2.05, 4.69) is 212 Å². The maximum Gasteiger partial charge on any atom is 0.340 e. The second-order valence-corrected chi connectivity index (χ2v) is 34.7. The summed E-state index contributed by atoms with van der Waals surface area (Å²) in [7, 11) is 0. The Balaban J connectivity index is 0.000000130. The third kappa shape index (κ3) is 32.7. The highest BCUT2D eigenvalue weighted by molar-refractivity contribution is 7.98. The lowest BCUT2D eigenvalue weighted by Gasteiger charge is -2.12. The molecule has 6 heterocycles. The SMILES string of the molecule is CCOC(=O)c1ccccc1Nc1nc(Cc2ccccc2)nc(Cc2ccccc2)n1.CCc1ccccc1Nc1nc(Cc2ccccc2)nc(Cc2ccccc2)n1.CSc1cccc(Nc2nc(Cc3ccccc3)nc(Cc3ccccc3)n2)c1.Clc1ccccc1Nc1nc(Cc2ccccc2)nc(Cc2ccccc2)n1.c1ccc(Cc2nc(Cc3ccccc3)nc(Nc3ccncc3)n2)cc1. The van der Waals surface area contributed by atoms with E-state index in [9.17, 15) is 4.79 Å². The summed E-state index contributed by atoms with van der Waals surface area (Å²) in [6.07, 6.45) is 13.0. The van der Waals surface area contributed by atoms with Gasteiger partial charge in [0, 0.05) is 98.6 Å². The predicted molar refractivity (Wildman–Crippen MR) is 580 cm³/mol. The number of nitrogens with one attached hydrogen (secondary N) is 5. The summed E-state index contributed by atoms with van der Waals surface area (Å²) in [5.74, 6) is 9.57. The van der Waals surface area contributed by atoms with Crippen LogP contribution in [-0.4, -0.2) is 98.6 Å². The van der Waals surface area contributed by atoms with Crippen LogP contribution in [0.4, 0.5) is 58.2 Å². The molecule has 0 atom stereocenters. The van der Waals surface area contributed by atoms with E-state index in [1.54, 1.807) is 43.2 Å². The molecule has 0 saturated carbocycles. The monoisotopic (exact) mass is 1940 g/mol. The van der Waals surface area contributed by atoms with Gasteiger partial charge in [-0.2, -0.15) is 49.8 Å². The number of halogens is 1. The van der Waals surface area contributed by atoms with E-state index in [0.29, 0.717) is 128 Å². The van der Waals surface area contributed by atoms with E-state index in [1.807, 2.05) is 273 Å². The summed E-state index contributed by atoms with van der Waals surface area (Å²) in [6, 6.07) is 137. The Hall–Kier alpha value is -17.6. The molecule has 0 bridgehead atoms. The number of aryl methyl sites for hydroxylation is 1. The molecule has 718 valence electrons. The number of ether oxygens (including phenoxy) is 1. The molecule has 20 rings (SSSR count). The fourth-order valence-corrected chi connectivity index (χ4v) is 16.1. The van der Waals surface area contributed by atoms with Crippen LogP contribution in [0.3, 0.4) is 0 Å². The zero-order chi connectivity index (χ0) is 99.5. The Labute approximate surface area is 854 Å². The molecule has 0 aliphatic carbocycles. The van der Waals surface area contributed by atoms with Crippen LogP contribution in [-0.2, 0) is 75.4 Å². The average Bonchev–Trinajstić information content (AvgIpc) is 0.799. The van der Waals surface area contributed by atoms with Crippen molar-refractivity contribution in [2.24, 2.45) is 0 Å². The molecule has 0 amide bonds. The number of pyridine rings is 1. The van der Waals surface area contributed by atoms with Crippen LogP contribution in [0.15, 0.2) is 430 Å². The van der Waals surface area contributed by atoms with Gasteiger partial charge in [0.05, 0.1) is 28.6 Å². The molecule has 0 aliphatic heterocycles. The molecule has 20 aromatic rings. The summed E-state index contributed by atoms with van der Waals surface area (Å²) in [5, 5.41) is 17.1. The van der Waals surface area contributed by atoms with E-state index >= 15 is 0 Å². The minimum absolute atomic E-state index is 0.307. The normalized spacial score (nSPS) is 10.6. The van der Waals surface area contributed by atoms with E-state index in [1.165, 1.54) is 43.8 Å². The van der Waals surface area contributed by atoms with E-state index < -0.39 is 5.97 Å². The summed E-state index contributed by atoms with van der Waals surface area (Å²) >= 11 is 7.99. The number of esters is 1. The number of hydrogen-bond acceptors (Lipinski definition) is 24. The zero-order valence-corrected chi connectivity index (χ0v) is 82.2. The number of aromatic nitrogens is 16. The number of hydrogen-bond donors (Lipinski definition) is 5. The van der Waals surface area contributed by atoms with Gasteiger partial charge in [-0.15, -0.1) is 11.8 Å². The predicted octanol–water partition coefficient (Wildman–Crippen LogP) is 25.5. The molecule has 6 aromatic heterocycles. The first kappa shape index (κ1) is 100. The molecule has 0 unspecified atom stereocenters. The van der Waals surface area contributed by atoms with Crippen molar-refractivity contribution < 1.29 is 9.53 Å². The van der Waals surface area contributed by atoms with Crippen LogP contribution in [0.2, 0.25) is 5.02 Å². The number of para-hydroxylation sites is 3. The average molecular weight is 1940 g/mol. The van der Waals surface area contributed by atoms with Gasteiger partial charge in [-0.05, 0) is 141 Å². The van der Waals surface area contributed by atoms with Gasteiger partial charge in [-0.25, -0.2) is 29.7 Å². The highest BCUT2D eigenvalue weighted by Crippen LogP contribution is 2.29. The van der Waals surface area contributed by atoms with Crippen molar-refractivity contribution in [3.63, 3.8) is 0 Å². The van der Waals surface area contributed by atoms with Crippen molar-refractivity contribution in [3.8, 4) is 0 Å². The fraction of sp³-hybridized carbons (Fsp3) is 0.125. The molecule has 14 aromatic carbocycles. The molecule has 0 aliphatic rings. The van der Waals surface area contributed by atoms with Gasteiger partial charge in [0.15, 0.2) is 0 Å². The fourth-order valence-electron chi connectivity index (χ4n) is 15.4. The van der Waals surface area contributed by atoms with Crippen LogP contribution in [0.5, 0.6) is 0 Å². The highest BCUT2D eigenvalue weighted by Gasteiger charge is 2.20. The Morgan fingerprint density at radius 3 is 0.793 bits per heavy atom. The first-order valence-electron chi connectivity index (χ1n) is 48.0. The van der Waals surface area contributed by atoms with Crippen molar-refractivity contribution in [2.75, 3.05) is 39.4 Å². The minimum atomic E-state index is -0.390. The zero-order valence-electron chi connectivity index (χ0n) is 80.7. The van der Waals surface area contributed by atoms with Crippen molar-refractivity contribution >= 4 is 87.5 Å². The quantitative estimate of drug-likeness (QED) is 0.0185. The molecular formula is C120H108ClN21O2S. The van der Waals surface area contributed by atoms with Gasteiger partial charge in [0.25, 0.3) is 0 Å². The summed E-state index contributed by atoms with van der Waals surface area (Å²) in [5.41, 5.74) is 17.5. The van der Waals surface area contributed by atoms with Gasteiger partial charge in [0.2, 0.25) is 29.7 Å². The Kier molecular flexibility index (Phi) is 37.2. The second-order valence-electron chi connectivity index (χ2n) is 33.4. The number of anilines is 10. The van der Waals surface area contributed by atoms with Crippen molar-refractivity contribution in [1.82, 2.24) is 79.7 Å². The van der Waals surface area contributed by atoms with Crippen LogP contribution < -0.4 is 26.6 Å². The van der Waals surface area contributed by atoms with Crippen molar-refractivity contribution in [1.29, 1.82) is 0 Å². The molecule has 0 saturated heterocycles. The first-order chi connectivity index (χ1) is 71.4. The van der Waals surface area contributed by atoms with Crippen LogP contribution in [0.25, 0.3) is 0 Å². The lowest BCUT2D eigenvalue weighted by Crippen LogP contribution is -2.11. The lowest BCUT2D eigenvalue weighted by molar-refractivity contribution is 0.0527. The third-order valence-corrected chi connectivity index (χ3v) is 23.4. The molecular weight excluding hydrogens is 1830 g/mol. The third-order valence-electron chi connectivity index (χ3n) is 22.4. The maximum atomic E-state index is 12.4. The molecule has 0 fully saturated rings. The van der Waals surface area contributed by atoms with Crippen LogP contribution in [0, 0.1) is 0 Å². The van der Waals surface area contributed by atoms with E-state index in [0.717, 1.165) is 98.0 Å². The number of thioether (sulfide) groups is 1. The standard InChI is InChI=1S/C26H24N4O2.C25H24N4.C24H22N4S.C23H19ClN4.C22H19N5/c1-2-32-25(31)21-15-9-10-16-22(21)27-26-29-23(17-19-11-5-3-6-12-19)28-24(30-26)18-20-13-7-4-8-14-20;1-2-21-15-9-10-16-22(21)26-25-28-23(17-19-11-5-3-6-12-19)27-24(29-25)18-20-13-7-4-8-14-20;1-29-21-14-8-13-20(17-21)25-24-27-22(15-18-9-4-2-5-10-18)26-23(28-24)16-19-11-6-3-7-12-19;24-19-13-7-8-14-20(19)25-23-27-21(15-17-9-3-1-4-10-17)26-22(28-23)16-18-11-5-2-6-12-18;1-3-7-17(8-4-1)15-20-25-21(16-18-9-5-2-6-10-18)27-22(26-20)24-19-11-13-23-14-12-19/h3-16H,2,17-18H2,1H3,(H,27,28,29,30);3-16H,2,17-18H2,1H3,(H,26,27,28,29);2-14,17H,15-16H2,1H3,(H,25,26,27,28);1-14H,15-16H2,(H,25,26,27,28);1-14H,15-16H2,(H,23,24,25,26,27). The van der Waals surface area contributed by atoms with E-state index in [4.69, 9.17) is 51.2 Å². The van der Waals surface area contributed by atoms with Crippen LogP contribution >= 0.6 is 23.4 Å². The van der Waals surface area contributed by atoms with Gasteiger partial charge >= 0.3 is 5.97 Å². The number of benzene rings is 14. The van der Waals surface area contributed by atoms with Gasteiger partial charge < -0.3 is 31.3 Å². The largest absolute Gasteiger partial charge is 0.462 e. The summed E-state index contributed by atoms with van der Waals surface area (Å²) in [6.45, 7) is 4.24. The van der Waals surface area contributed by atoms with Crippen molar-refractivity contribution in [3.05, 3.63) is 555 Å². The molecule has 0 radical (unpaired) electrons. The van der Waals surface area contributed by atoms with Gasteiger partial charge in [-0.1, -0.05) is 370 Å². The molecule has 0 spiro atoms. The van der Waals surface area contributed by atoms with Gasteiger partial charge in [0.1, 0.15) is 58.2 Å². The molecule has 23 nitrogen and oxygen atoms in total. The lowest BCUT2D eigenvalue weighted by atomic mass is 10.1. The second kappa shape index (κ2) is 53.7. The Morgan fingerprint density at radius 1 is 0.255 bits per heavy atom. The summed E-state index contributed by atoms with van der Waals surface area (Å²) < 4.78 is 5.18. The van der Waals surface area contributed by atoms with Crippen LogP contribution in [0.1, 0.15) is 144 Å². The smallest absolute Gasteiger partial charge is 0.340 e. The number of carbonyl (C=O) groups is 1. The van der Waals surface area contributed by atoms with Crippen molar-refractivity contribution in [2.45, 2.75) is 89.4 Å². The first-order valence-corrected chi connectivity index (χ1v) is 49.6. The number of carbonyl (C=O) groups excluding carboxylic acids is 1. The minimum Gasteiger partial charge on any atom is -0.462 e. The molecule has 145 heavy (non-hydrogen) atoms. The summed E-state index contributed by atoms with van der Waals surface area (Å²) in [4.78, 5) is 87.6. The molecule has 25 heteroatoms. The van der Waals surface area contributed by atoms with Gasteiger partial charge in [-0.3, -0.25) is 4.98 Å². The Morgan fingerprint density at radius 2 is 0.503 bits per heavy atom. The maximum absolute atomic E-state index is 12.4.